The molecule has 2 aromatic carbocycles. The summed E-state index contributed by atoms with van der Waals surface area (Å²) in [5, 5.41) is 0. The monoisotopic (exact) mass is 284 g/mol. The molecular formula is C17H16O4. The van der Waals surface area contributed by atoms with Crippen LogP contribution in [0.3, 0.4) is 0 Å². The average Bonchev–Trinajstić information content (AvgIpc) is 2.56. The highest BCUT2D eigenvalue weighted by Gasteiger charge is 2.19. The van der Waals surface area contributed by atoms with Gasteiger partial charge < -0.3 is 9.47 Å². The van der Waals surface area contributed by atoms with Crippen LogP contribution >= 0.6 is 0 Å². The van der Waals surface area contributed by atoms with Gasteiger partial charge in [-0.05, 0) is 0 Å². The Morgan fingerprint density at radius 1 is 0.762 bits per heavy atom. The van der Waals surface area contributed by atoms with Gasteiger partial charge in [-0.3, -0.25) is 9.59 Å². The second-order valence-corrected chi connectivity index (χ2v) is 4.44. The van der Waals surface area contributed by atoms with Crippen molar-refractivity contribution in [1.82, 2.24) is 0 Å². The molecular weight excluding hydrogens is 268 g/mol. The van der Waals surface area contributed by atoms with Crippen molar-refractivity contribution < 1.29 is 19.1 Å². The van der Waals surface area contributed by atoms with Crippen LogP contribution in [0.15, 0.2) is 54.6 Å². The van der Waals surface area contributed by atoms with Gasteiger partial charge in [-0.25, -0.2) is 0 Å². The fourth-order valence-corrected chi connectivity index (χ4v) is 1.99. The van der Waals surface area contributed by atoms with E-state index in [1.165, 1.54) is 14.2 Å². The number of carbonyl (C=O) groups is 2. The number of ether oxygens (including phenoxy) is 2. The molecule has 4 nitrogen and oxygen atoms in total. The number of ketones is 2. The zero-order chi connectivity index (χ0) is 15.2. The van der Waals surface area contributed by atoms with E-state index in [1.807, 2.05) is 18.2 Å². The van der Waals surface area contributed by atoms with Gasteiger partial charge in [-0.15, -0.1) is 0 Å². The molecule has 2 rings (SSSR count). The van der Waals surface area contributed by atoms with Crippen molar-refractivity contribution in [2.75, 3.05) is 14.2 Å². The number of methoxy groups -OCH3 is 2. The topological polar surface area (TPSA) is 52.6 Å². The normalized spacial score (nSPS) is 10.6. The fraction of sp³-hybridized carbons (Fsp3) is 0.176. The summed E-state index contributed by atoms with van der Waals surface area (Å²) >= 11 is 0. The van der Waals surface area contributed by atoms with Gasteiger partial charge in [0.25, 0.3) is 0 Å². The Kier molecular flexibility index (Phi) is 4.98. The molecule has 2 aromatic rings. The number of hydrogen-bond donors (Lipinski definition) is 0. The number of Topliss-reactive ketones (excluding diaryl/α,β-unsaturated/α-hetero) is 1. The molecule has 0 aliphatic heterocycles. The van der Waals surface area contributed by atoms with Crippen LogP contribution in [0.1, 0.15) is 26.3 Å². The molecule has 0 aliphatic rings. The SMILES string of the molecule is COC(OC)C(=O)c1ccc(C(=O)c2ccccc2)cc1. The van der Waals surface area contributed by atoms with Crippen LogP contribution in [0.4, 0.5) is 0 Å². The lowest BCUT2D eigenvalue weighted by molar-refractivity contribution is -0.0742. The van der Waals surface area contributed by atoms with Crippen LogP contribution in [0, 0.1) is 0 Å². The second-order valence-electron chi connectivity index (χ2n) is 4.44. The summed E-state index contributed by atoms with van der Waals surface area (Å²) < 4.78 is 9.85. The minimum absolute atomic E-state index is 0.0790. The summed E-state index contributed by atoms with van der Waals surface area (Å²) in [4.78, 5) is 24.3. The first-order chi connectivity index (χ1) is 10.2. The summed E-state index contributed by atoms with van der Waals surface area (Å²) in [6.07, 6.45) is -0.930. The van der Waals surface area contributed by atoms with E-state index in [1.54, 1.807) is 36.4 Å². The first-order valence-corrected chi connectivity index (χ1v) is 6.47. The van der Waals surface area contributed by atoms with Crippen molar-refractivity contribution in [2.45, 2.75) is 6.29 Å². The van der Waals surface area contributed by atoms with Crippen molar-refractivity contribution in [3.8, 4) is 0 Å². The van der Waals surface area contributed by atoms with E-state index in [4.69, 9.17) is 9.47 Å². The van der Waals surface area contributed by atoms with Crippen molar-refractivity contribution in [3.05, 3.63) is 71.3 Å². The molecule has 0 amide bonds. The van der Waals surface area contributed by atoms with E-state index < -0.39 is 6.29 Å². The molecule has 0 spiro atoms. The highest BCUT2D eigenvalue weighted by atomic mass is 16.7. The lowest BCUT2D eigenvalue weighted by Crippen LogP contribution is -2.24. The van der Waals surface area contributed by atoms with Gasteiger partial charge in [0.2, 0.25) is 12.1 Å². The molecule has 0 unspecified atom stereocenters. The number of carbonyl (C=O) groups excluding carboxylic acids is 2. The van der Waals surface area contributed by atoms with Crippen LogP contribution < -0.4 is 0 Å². The Hall–Kier alpha value is -2.30. The summed E-state index contributed by atoms with van der Waals surface area (Å²) in [5.74, 6) is -0.358. The maximum atomic E-state index is 12.2. The van der Waals surface area contributed by atoms with Gasteiger partial charge in [0.15, 0.2) is 5.78 Å². The van der Waals surface area contributed by atoms with E-state index in [-0.39, 0.29) is 11.6 Å². The Morgan fingerprint density at radius 2 is 1.24 bits per heavy atom. The molecule has 108 valence electrons. The van der Waals surface area contributed by atoms with Crippen LogP contribution in [0.5, 0.6) is 0 Å². The zero-order valence-electron chi connectivity index (χ0n) is 11.9. The molecule has 0 atom stereocenters. The van der Waals surface area contributed by atoms with Crippen molar-refractivity contribution >= 4 is 11.6 Å². The van der Waals surface area contributed by atoms with Gasteiger partial charge in [-0.1, -0.05) is 54.6 Å². The standard InChI is InChI=1S/C17H16O4/c1-20-17(21-2)16(19)14-10-8-13(9-11-14)15(18)12-6-4-3-5-7-12/h3-11,17H,1-2H3. The predicted molar refractivity (Wildman–Crippen MR) is 78.5 cm³/mol. The van der Waals surface area contributed by atoms with Crippen LogP contribution in [-0.4, -0.2) is 32.1 Å². The van der Waals surface area contributed by atoms with Crippen molar-refractivity contribution in [1.29, 1.82) is 0 Å². The Morgan fingerprint density at radius 3 is 1.76 bits per heavy atom. The Bertz CT molecular complexity index is 613. The van der Waals surface area contributed by atoms with Crippen LogP contribution in [-0.2, 0) is 9.47 Å². The molecule has 0 aliphatic carbocycles. The van der Waals surface area contributed by atoms with Gasteiger partial charge in [0.1, 0.15) is 0 Å². The fourth-order valence-electron chi connectivity index (χ4n) is 1.99. The first-order valence-electron chi connectivity index (χ1n) is 6.47. The van der Waals surface area contributed by atoms with E-state index in [0.717, 1.165) is 0 Å². The molecule has 0 aromatic heterocycles. The quantitative estimate of drug-likeness (QED) is 0.604. The van der Waals surface area contributed by atoms with Gasteiger partial charge >= 0.3 is 0 Å². The van der Waals surface area contributed by atoms with Gasteiger partial charge in [-0.2, -0.15) is 0 Å². The van der Waals surface area contributed by atoms with Crippen molar-refractivity contribution in [3.63, 3.8) is 0 Å². The highest BCUT2D eigenvalue weighted by molar-refractivity contribution is 6.09. The molecule has 0 fully saturated rings. The van der Waals surface area contributed by atoms with Crippen LogP contribution in [0.2, 0.25) is 0 Å². The lowest BCUT2D eigenvalue weighted by atomic mass is 10.0. The maximum Gasteiger partial charge on any atom is 0.222 e. The minimum Gasteiger partial charge on any atom is -0.349 e. The molecule has 0 bridgehead atoms. The minimum atomic E-state index is -0.930. The van der Waals surface area contributed by atoms with E-state index in [2.05, 4.69) is 0 Å². The lowest BCUT2D eigenvalue weighted by Gasteiger charge is -2.12. The predicted octanol–water partition coefficient (Wildman–Crippen LogP) is 2.72. The molecule has 0 saturated heterocycles. The third kappa shape index (κ3) is 3.42. The van der Waals surface area contributed by atoms with Gasteiger partial charge in [0.05, 0.1) is 0 Å². The largest absolute Gasteiger partial charge is 0.349 e. The Balaban J connectivity index is 2.20. The number of benzene rings is 2. The summed E-state index contributed by atoms with van der Waals surface area (Å²) in [7, 11) is 2.80. The molecule has 0 N–H and O–H groups in total. The number of hydrogen-bond acceptors (Lipinski definition) is 4. The number of rotatable bonds is 6. The third-order valence-corrected chi connectivity index (χ3v) is 3.11. The summed E-state index contributed by atoms with van der Waals surface area (Å²) in [5.41, 5.74) is 1.58. The Labute approximate surface area is 123 Å². The average molecular weight is 284 g/mol. The maximum absolute atomic E-state index is 12.2. The molecule has 0 heterocycles. The molecule has 0 radical (unpaired) electrons. The highest BCUT2D eigenvalue weighted by Crippen LogP contribution is 2.13. The van der Waals surface area contributed by atoms with Gasteiger partial charge in [0, 0.05) is 30.9 Å². The smallest absolute Gasteiger partial charge is 0.222 e. The van der Waals surface area contributed by atoms with E-state index >= 15 is 0 Å². The third-order valence-electron chi connectivity index (χ3n) is 3.11. The summed E-state index contributed by atoms with van der Waals surface area (Å²) in [6.45, 7) is 0. The summed E-state index contributed by atoms with van der Waals surface area (Å²) in [6, 6.07) is 15.5. The van der Waals surface area contributed by atoms with Crippen molar-refractivity contribution in [2.24, 2.45) is 0 Å². The molecule has 0 saturated carbocycles. The zero-order valence-corrected chi connectivity index (χ0v) is 11.9. The molecule has 21 heavy (non-hydrogen) atoms. The van der Waals surface area contributed by atoms with E-state index in [0.29, 0.717) is 16.7 Å². The first kappa shape index (κ1) is 15.1. The van der Waals surface area contributed by atoms with Crippen LogP contribution in [0.25, 0.3) is 0 Å². The molecule has 4 heteroatoms. The second kappa shape index (κ2) is 6.92. The van der Waals surface area contributed by atoms with E-state index in [9.17, 15) is 9.59 Å².